The van der Waals surface area contributed by atoms with Crippen LogP contribution < -0.4 is 5.32 Å². The summed E-state index contributed by atoms with van der Waals surface area (Å²) in [6, 6.07) is 13.6. The lowest BCUT2D eigenvalue weighted by Crippen LogP contribution is -2.22. The highest BCUT2D eigenvalue weighted by molar-refractivity contribution is 5.79. The number of benzene rings is 2. The van der Waals surface area contributed by atoms with Crippen molar-refractivity contribution in [1.29, 1.82) is 0 Å². The number of hydrogen-bond acceptors (Lipinski definition) is 5. The molecule has 22 heavy (non-hydrogen) atoms. The lowest BCUT2D eigenvalue weighted by Gasteiger charge is -2.09. The number of rotatable bonds is 5. The molecule has 0 spiro atoms. The van der Waals surface area contributed by atoms with Crippen LogP contribution >= 0.6 is 0 Å². The van der Waals surface area contributed by atoms with Gasteiger partial charge >= 0.3 is 0 Å². The van der Waals surface area contributed by atoms with Crippen molar-refractivity contribution in [2.24, 2.45) is 0 Å². The molecule has 0 aliphatic heterocycles. The molecular weight excluding hydrogens is 280 g/mol. The smallest absolute Gasteiger partial charge is 0.227 e. The van der Waals surface area contributed by atoms with E-state index in [-0.39, 0.29) is 13.2 Å². The van der Waals surface area contributed by atoms with E-state index < -0.39 is 6.10 Å². The van der Waals surface area contributed by atoms with Crippen LogP contribution in [0.1, 0.15) is 5.56 Å². The lowest BCUT2D eigenvalue weighted by molar-refractivity contribution is 0.105. The zero-order chi connectivity index (χ0) is 15.5. The topological polar surface area (TPSA) is 78.5 Å². The molecule has 5 nitrogen and oxygen atoms in total. The van der Waals surface area contributed by atoms with Crippen LogP contribution in [0.15, 0.2) is 46.9 Å². The van der Waals surface area contributed by atoms with Crippen molar-refractivity contribution in [2.45, 2.75) is 13.0 Å². The maximum absolute atomic E-state index is 9.36. The van der Waals surface area contributed by atoms with Gasteiger partial charge in [0.05, 0.1) is 12.7 Å². The Labute approximate surface area is 128 Å². The van der Waals surface area contributed by atoms with Gasteiger partial charge in [0.2, 0.25) is 5.89 Å². The minimum atomic E-state index is -0.784. The number of nitrogens with one attached hydrogen (secondary N) is 1. The van der Waals surface area contributed by atoms with Gasteiger partial charge in [-0.1, -0.05) is 17.7 Å². The Hall–Kier alpha value is -2.37. The molecule has 3 aromatic rings. The first-order chi connectivity index (χ1) is 10.7. The Bertz CT molecular complexity index is 765. The molecule has 1 aromatic heterocycles. The Morgan fingerprint density at radius 1 is 1.18 bits per heavy atom. The van der Waals surface area contributed by atoms with E-state index >= 15 is 0 Å². The summed E-state index contributed by atoms with van der Waals surface area (Å²) in [4.78, 5) is 4.48. The molecular formula is C17H18N2O3. The standard InChI is InChI=1S/C17H18N2O3/c1-11-2-4-12(5-3-11)17-19-15-7-6-13(8-16(15)22-17)18-9-14(21)10-20/h2-8,14,18,20-21H,9-10H2,1H3. The Morgan fingerprint density at radius 3 is 2.68 bits per heavy atom. The number of oxazole rings is 1. The fourth-order valence-corrected chi connectivity index (χ4v) is 2.15. The van der Waals surface area contributed by atoms with Gasteiger partial charge in [0.25, 0.3) is 0 Å². The van der Waals surface area contributed by atoms with Gasteiger partial charge in [-0.15, -0.1) is 0 Å². The van der Waals surface area contributed by atoms with Crippen LogP contribution in [0.4, 0.5) is 5.69 Å². The lowest BCUT2D eigenvalue weighted by atomic mass is 10.1. The van der Waals surface area contributed by atoms with Gasteiger partial charge in [0.1, 0.15) is 5.52 Å². The minimum Gasteiger partial charge on any atom is -0.436 e. The number of fused-ring (bicyclic) bond motifs is 1. The van der Waals surface area contributed by atoms with Crippen molar-refractivity contribution in [3.63, 3.8) is 0 Å². The normalized spacial score (nSPS) is 12.5. The highest BCUT2D eigenvalue weighted by Gasteiger charge is 2.09. The SMILES string of the molecule is Cc1ccc(-c2nc3ccc(NCC(O)CO)cc3o2)cc1. The summed E-state index contributed by atoms with van der Waals surface area (Å²) in [6.07, 6.45) is -0.784. The molecule has 0 fully saturated rings. The molecule has 0 saturated carbocycles. The monoisotopic (exact) mass is 298 g/mol. The predicted octanol–water partition coefficient (Wildman–Crippen LogP) is 2.57. The molecule has 0 saturated heterocycles. The maximum Gasteiger partial charge on any atom is 0.227 e. The maximum atomic E-state index is 9.36. The number of nitrogens with zero attached hydrogens (tertiary/aromatic N) is 1. The Kier molecular flexibility index (Phi) is 4.09. The van der Waals surface area contributed by atoms with Gasteiger partial charge in [-0.2, -0.15) is 0 Å². The predicted molar refractivity (Wildman–Crippen MR) is 85.8 cm³/mol. The van der Waals surface area contributed by atoms with Crippen LogP contribution in [-0.4, -0.2) is 34.5 Å². The van der Waals surface area contributed by atoms with Crippen LogP contribution in [0.3, 0.4) is 0 Å². The zero-order valence-corrected chi connectivity index (χ0v) is 12.3. The first-order valence-electron chi connectivity index (χ1n) is 7.16. The molecule has 5 heteroatoms. The average molecular weight is 298 g/mol. The minimum absolute atomic E-state index is 0.269. The summed E-state index contributed by atoms with van der Waals surface area (Å²) in [6.45, 7) is 2.05. The fourth-order valence-electron chi connectivity index (χ4n) is 2.15. The van der Waals surface area contributed by atoms with Crippen molar-refractivity contribution >= 4 is 16.8 Å². The summed E-state index contributed by atoms with van der Waals surface area (Å²) in [5, 5.41) is 21.2. The Morgan fingerprint density at radius 2 is 1.95 bits per heavy atom. The van der Waals surface area contributed by atoms with E-state index in [0.29, 0.717) is 11.5 Å². The summed E-state index contributed by atoms with van der Waals surface area (Å²) in [7, 11) is 0. The van der Waals surface area contributed by atoms with E-state index in [9.17, 15) is 5.11 Å². The molecule has 3 N–H and O–H groups in total. The second-order valence-corrected chi connectivity index (χ2v) is 5.28. The van der Waals surface area contributed by atoms with Gasteiger partial charge in [-0.25, -0.2) is 4.98 Å². The summed E-state index contributed by atoms with van der Waals surface area (Å²) in [5.41, 5.74) is 4.40. The third-order valence-electron chi connectivity index (χ3n) is 3.44. The number of aliphatic hydroxyl groups is 2. The first kappa shape index (κ1) is 14.6. The number of aromatic nitrogens is 1. The van der Waals surface area contributed by atoms with Gasteiger partial charge in [-0.05, 0) is 31.2 Å². The molecule has 1 atom stereocenters. The van der Waals surface area contributed by atoms with Crippen LogP contribution in [-0.2, 0) is 0 Å². The first-order valence-corrected chi connectivity index (χ1v) is 7.16. The summed E-state index contributed by atoms with van der Waals surface area (Å²) >= 11 is 0. The number of aliphatic hydroxyl groups excluding tert-OH is 2. The molecule has 0 amide bonds. The third-order valence-corrected chi connectivity index (χ3v) is 3.44. The van der Waals surface area contributed by atoms with Crippen LogP contribution in [0, 0.1) is 6.92 Å². The van der Waals surface area contributed by atoms with Crippen molar-refractivity contribution < 1.29 is 14.6 Å². The highest BCUT2D eigenvalue weighted by atomic mass is 16.3. The number of anilines is 1. The Balaban J connectivity index is 1.85. The molecule has 1 unspecified atom stereocenters. The van der Waals surface area contributed by atoms with Crippen LogP contribution in [0.5, 0.6) is 0 Å². The van der Waals surface area contributed by atoms with E-state index in [1.165, 1.54) is 5.56 Å². The molecule has 0 bridgehead atoms. The van der Waals surface area contributed by atoms with E-state index in [1.807, 2.05) is 49.4 Å². The average Bonchev–Trinajstić information content (AvgIpc) is 2.96. The van der Waals surface area contributed by atoms with E-state index in [4.69, 9.17) is 9.52 Å². The molecule has 3 rings (SSSR count). The second-order valence-electron chi connectivity index (χ2n) is 5.28. The molecule has 2 aromatic carbocycles. The molecule has 1 heterocycles. The molecule has 114 valence electrons. The van der Waals surface area contributed by atoms with Gasteiger partial charge < -0.3 is 19.9 Å². The van der Waals surface area contributed by atoms with E-state index in [2.05, 4.69) is 10.3 Å². The van der Waals surface area contributed by atoms with Crippen molar-refractivity contribution in [1.82, 2.24) is 4.98 Å². The second kappa shape index (κ2) is 6.17. The molecule has 0 aliphatic rings. The molecule has 0 radical (unpaired) electrons. The van der Waals surface area contributed by atoms with E-state index in [0.717, 1.165) is 16.8 Å². The number of aryl methyl sites for hydroxylation is 1. The summed E-state index contributed by atoms with van der Waals surface area (Å²) < 4.78 is 5.80. The van der Waals surface area contributed by atoms with Gasteiger partial charge in [0.15, 0.2) is 5.58 Å². The van der Waals surface area contributed by atoms with Crippen molar-refractivity contribution in [3.05, 3.63) is 48.0 Å². The van der Waals surface area contributed by atoms with Crippen molar-refractivity contribution in [3.8, 4) is 11.5 Å². The van der Waals surface area contributed by atoms with Gasteiger partial charge in [0, 0.05) is 23.9 Å². The largest absolute Gasteiger partial charge is 0.436 e. The van der Waals surface area contributed by atoms with E-state index in [1.54, 1.807) is 0 Å². The van der Waals surface area contributed by atoms with Gasteiger partial charge in [-0.3, -0.25) is 0 Å². The summed E-state index contributed by atoms with van der Waals surface area (Å²) in [5.74, 6) is 0.586. The van der Waals surface area contributed by atoms with Crippen molar-refractivity contribution in [2.75, 3.05) is 18.5 Å². The molecule has 0 aliphatic carbocycles. The highest BCUT2D eigenvalue weighted by Crippen LogP contribution is 2.26. The van der Waals surface area contributed by atoms with Crippen LogP contribution in [0.2, 0.25) is 0 Å². The van der Waals surface area contributed by atoms with Crippen LogP contribution in [0.25, 0.3) is 22.6 Å². The fraction of sp³-hybridized carbons (Fsp3) is 0.235. The zero-order valence-electron chi connectivity index (χ0n) is 12.3. The number of hydrogen-bond donors (Lipinski definition) is 3. The quantitative estimate of drug-likeness (QED) is 0.674. The third kappa shape index (κ3) is 3.10.